The van der Waals surface area contributed by atoms with Crippen LogP contribution in [0.3, 0.4) is 0 Å². The van der Waals surface area contributed by atoms with Crippen molar-refractivity contribution in [1.29, 1.82) is 0 Å². The van der Waals surface area contributed by atoms with E-state index in [1.165, 1.54) is 27.7 Å². The zero-order valence-electron chi connectivity index (χ0n) is 30.2. The molecule has 0 bridgehead atoms. The number of rotatable bonds is 3. The number of hydrogen-bond donors (Lipinski definition) is 0. The van der Waals surface area contributed by atoms with Crippen LogP contribution in [0.25, 0.3) is 0 Å². The standard InChI is InChI=1S/C45H40BF2NOSi/c1-27-40(47)42-39-43(41(27)48)50-34-21-15-23-36-38(34)46(39)37-33(49(42)30-25-28(44(2,3)4)24-29(26-30)45(5,6)7)20-14-22-35(37)51(36,31-16-10-8-11-17-31)32-18-12-9-13-19-32/h8-26H,1-7H3. The third-order valence-corrected chi connectivity index (χ3v) is 16.3. The normalized spacial score (nSPS) is 15.0. The summed E-state index contributed by atoms with van der Waals surface area (Å²) in [6.45, 7) is 14.4. The largest absolute Gasteiger partial charge is 0.455 e. The monoisotopic (exact) mass is 687 g/mol. The number of anilines is 3. The minimum absolute atomic E-state index is 0.0379. The van der Waals surface area contributed by atoms with Crippen molar-refractivity contribution in [3.8, 4) is 11.5 Å². The first-order valence-electron chi connectivity index (χ1n) is 17.9. The molecular weight excluding hydrogens is 647 g/mol. The molecule has 0 N–H and O–H groups in total. The van der Waals surface area contributed by atoms with E-state index in [1.807, 2.05) is 12.1 Å². The first kappa shape index (κ1) is 32.0. The Kier molecular flexibility index (Phi) is 6.77. The van der Waals surface area contributed by atoms with Crippen molar-refractivity contribution in [2.24, 2.45) is 0 Å². The van der Waals surface area contributed by atoms with Gasteiger partial charge in [0.2, 0.25) is 0 Å². The molecule has 6 aromatic carbocycles. The van der Waals surface area contributed by atoms with E-state index in [2.05, 4.69) is 150 Å². The molecule has 6 aromatic rings. The predicted octanol–water partition coefficient (Wildman–Crippen LogP) is 6.96. The zero-order valence-corrected chi connectivity index (χ0v) is 31.2. The zero-order chi connectivity index (χ0) is 35.6. The number of hydrogen-bond acceptors (Lipinski definition) is 2. The number of ether oxygens (including phenoxy) is 1. The van der Waals surface area contributed by atoms with Crippen LogP contribution >= 0.6 is 0 Å². The van der Waals surface area contributed by atoms with E-state index in [-0.39, 0.29) is 22.1 Å². The van der Waals surface area contributed by atoms with Gasteiger partial charge in [0.1, 0.15) is 5.75 Å². The molecule has 0 amide bonds. The molecule has 0 unspecified atom stereocenters. The molecule has 252 valence electrons. The highest BCUT2D eigenvalue weighted by atomic mass is 28.3. The Bertz CT molecular complexity index is 2340. The van der Waals surface area contributed by atoms with Crippen molar-refractivity contribution in [1.82, 2.24) is 0 Å². The summed E-state index contributed by atoms with van der Waals surface area (Å²) < 4.78 is 40.4. The summed E-state index contributed by atoms with van der Waals surface area (Å²) in [5.41, 5.74) is 6.81. The molecule has 9 rings (SSSR count). The van der Waals surface area contributed by atoms with Crippen LogP contribution in [0.15, 0.2) is 115 Å². The van der Waals surface area contributed by atoms with Crippen LogP contribution in [0.5, 0.6) is 11.5 Å². The van der Waals surface area contributed by atoms with Crippen molar-refractivity contribution in [2.75, 3.05) is 4.90 Å². The van der Waals surface area contributed by atoms with E-state index in [0.717, 1.165) is 33.4 Å². The van der Waals surface area contributed by atoms with Gasteiger partial charge in [-0.1, -0.05) is 133 Å². The molecule has 0 aromatic heterocycles. The SMILES string of the molecule is Cc1c(F)c2c3c(c1F)N(c1cc(C(C)(C)C)cc(C(C)(C)C)c1)c1cccc4c1B3c1c(cccc1[Si]4(c1ccccc1)c1ccccc1)O2. The molecular formula is C45H40BF2NOSi. The molecule has 0 fully saturated rings. The molecule has 3 aliphatic heterocycles. The lowest BCUT2D eigenvalue weighted by Crippen LogP contribution is -2.87. The van der Waals surface area contributed by atoms with E-state index in [0.29, 0.717) is 16.9 Å². The fourth-order valence-corrected chi connectivity index (χ4v) is 14.2. The van der Waals surface area contributed by atoms with E-state index >= 15 is 8.78 Å². The quantitative estimate of drug-likeness (QED) is 0.186. The Morgan fingerprint density at radius 2 is 1.16 bits per heavy atom. The van der Waals surface area contributed by atoms with Gasteiger partial charge in [-0.05, 0) is 84.8 Å². The lowest BCUT2D eigenvalue weighted by atomic mass is 9.33. The molecule has 51 heavy (non-hydrogen) atoms. The van der Waals surface area contributed by atoms with Crippen molar-refractivity contribution in [3.05, 3.63) is 144 Å². The first-order chi connectivity index (χ1) is 24.3. The van der Waals surface area contributed by atoms with Crippen LogP contribution in [-0.4, -0.2) is 14.8 Å². The number of halogens is 2. The summed E-state index contributed by atoms with van der Waals surface area (Å²) >= 11 is 0. The van der Waals surface area contributed by atoms with E-state index in [4.69, 9.17) is 4.74 Å². The maximum absolute atomic E-state index is 17.2. The molecule has 0 radical (unpaired) electrons. The van der Waals surface area contributed by atoms with Gasteiger partial charge in [-0.3, -0.25) is 0 Å². The van der Waals surface area contributed by atoms with Crippen molar-refractivity contribution >= 4 is 69.0 Å². The van der Waals surface area contributed by atoms with Gasteiger partial charge in [0.05, 0.1) is 5.69 Å². The van der Waals surface area contributed by atoms with Crippen LogP contribution in [0.4, 0.5) is 25.8 Å². The molecule has 6 heteroatoms. The summed E-state index contributed by atoms with van der Waals surface area (Å²) in [5, 5.41) is 4.94. The van der Waals surface area contributed by atoms with Crippen molar-refractivity contribution in [2.45, 2.75) is 59.3 Å². The molecule has 0 aliphatic carbocycles. The Labute approximate surface area is 300 Å². The highest BCUT2D eigenvalue weighted by Gasteiger charge is 2.57. The van der Waals surface area contributed by atoms with Gasteiger partial charge in [0.25, 0.3) is 6.71 Å². The number of nitrogens with zero attached hydrogens (tertiary/aromatic N) is 1. The predicted molar refractivity (Wildman–Crippen MR) is 212 cm³/mol. The van der Waals surface area contributed by atoms with Crippen LogP contribution in [0.1, 0.15) is 58.2 Å². The Hall–Kier alpha value is -4.94. The van der Waals surface area contributed by atoms with Crippen molar-refractivity contribution in [3.63, 3.8) is 0 Å². The van der Waals surface area contributed by atoms with Crippen LogP contribution < -0.4 is 46.8 Å². The molecule has 2 nitrogen and oxygen atoms in total. The average Bonchev–Trinajstić information content (AvgIpc) is 3.12. The van der Waals surface area contributed by atoms with Gasteiger partial charge in [0.15, 0.2) is 25.5 Å². The van der Waals surface area contributed by atoms with E-state index in [9.17, 15) is 0 Å². The maximum Gasteiger partial charge on any atom is 0.256 e. The second kappa shape index (κ2) is 10.8. The van der Waals surface area contributed by atoms with Gasteiger partial charge in [-0.15, -0.1) is 0 Å². The molecule has 0 spiro atoms. The number of benzene rings is 6. The van der Waals surface area contributed by atoms with E-state index in [1.54, 1.807) is 0 Å². The molecule has 3 heterocycles. The first-order valence-corrected chi connectivity index (χ1v) is 19.9. The second-order valence-corrected chi connectivity index (χ2v) is 20.2. The Balaban J connectivity index is 1.48. The molecule has 0 saturated carbocycles. The fourth-order valence-electron chi connectivity index (χ4n) is 8.86. The van der Waals surface area contributed by atoms with Crippen LogP contribution in [0.2, 0.25) is 0 Å². The Morgan fingerprint density at radius 1 is 0.608 bits per heavy atom. The topological polar surface area (TPSA) is 12.5 Å². The average molecular weight is 688 g/mol. The lowest BCUT2D eigenvalue weighted by molar-refractivity contribution is 0.439. The molecule has 0 saturated heterocycles. The lowest BCUT2D eigenvalue weighted by Gasteiger charge is -2.49. The highest BCUT2D eigenvalue weighted by molar-refractivity contribution is 7.27. The maximum atomic E-state index is 17.2. The second-order valence-electron chi connectivity index (χ2n) is 16.4. The Morgan fingerprint density at radius 3 is 1.73 bits per heavy atom. The summed E-state index contributed by atoms with van der Waals surface area (Å²) in [4.78, 5) is 2.08. The fraction of sp³-hybridized carbons (Fsp3) is 0.200. The summed E-state index contributed by atoms with van der Waals surface area (Å²) in [5.74, 6) is -0.420. The third kappa shape index (κ3) is 4.32. The molecule has 0 atom stereocenters. The minimum Gasteiger partial charge on any atom is -0.455 e. The van der Waals surface area contributed by atoms with Gasteiger partial charge in [0, 0.05) is 22.4 Å². The minimum atomic E-state index is -3.00. The smallest absolute Gasteiger partial charge is 0.256 e. The summed E-state index contributed by atoms with van der Waals surface area (Å²) in [7, 11) is -3.00. The summed E-state index contributed by atoms with van der Waals surface area (Å²) in [6, 6.07) is 41.1. The third-order valence-electron chi connectivity index (χ3n) is 11.4. The van der Waals surface area contributed by atoms with Gasteiger partial charge < -0.3 is 9.64 Å². The summed E-state index contributed by atoms with van der Waals surface area (Å²) in [6.07, 6.45) is 0. The molecule has 3 aliphatic rings. The van der Waals surface area contributed by atoms with Gasteiger partial charge >= 0.3 is 0 Å². The highest BCUT2D eigenvalue weighted by Crippen LogP contribution is 2.46. The van der Waals surface area contributed by atoms with E-state index < -0.39 is 26.4 Å². The van der Waals surface area contributed by atoms with Crippen LogP contribution in [-0.2, 0) is 10.8 Å². The van der Waals surface area contributed by atoms with Crippen molar-refractivity contribution < 1.29 is 13.5 Å². The van der Waals surface area contributed by atoms with Gasteiger partial charge in [-0.25, -0.2) is 8.78 Å². The van der Waals surface area contributed by atoms with Gasteiger partial charge in [-0.2, -0.15) is 0 Å². The van der Waals surface area contributed by atoms with Crippen LogP contribution in [0, 0.1) is 18.6 Å².